The molecule has 4 aliphatic rings. The zero-order valence-corrected chi connectivity index (χ0v) is 26.3. The zero-order valence-electron chi connectivity index (χ0n) is 25.6. The van der Waals surface area contributed by atoms with E-state index < -0.39 is 0 Å². The molecule has 0 aromatic heterocycles. The first-order chi connectivity index (χ1) is 18.9. The molecule has 0 spiro atoms. The third kappa shape index (κ3) is 7.53. The van der Waals surface area contributed by atoms with Crippen LogP contribution >= 0.6 is 11.6 Å². The number of likely N-dealkylation sites (tertiary alicyclic amines) is 2. The fraction of sp³-hybridized carbons (Fsp3) is 0.758. The molecule has 0 bridgehead atoms. The lowest BCUT2D eigenvalue weighted by molar-refractivity contribution is -0.121. The van der Waals surface area contributed by atoms with Gasteiger partial charge in [-0.15, -0.1) is 0 Å². The monoisotopic (exact) mass is 573 g/mol. The molecule has 5 rings (SSSR count). The van der Waals surface area contributed by atoms with Crippen LogP contribution in [-0.4, -0.2) is 77.6 Å². The lowest BCUT2D eigenvalue weighted by Gasteiger charge is -2.50. The quantitative estimate of drug-likeness (QED) is 0.345. The number of hydrogen-bond acceptors (Lipinski definition) is 4. The smallest absolute Gasteiger partial charge is 0.410 e. The van der Waals surface area contributed by atoms with Gasteiger partial charge in [0.25, 0.3) is 0 Å². The Balaban J connectivity index is 0.000000194. The van der Waals surface area contributed by atoms with E-state index in [9.17, 15) is 9.59 Å². The van der Waals surface area contributed by atoms with Gasteiger partial charge in [0.1, 0.15) is 6.61 Å². The van der Waals surface area contributed by atoms with Crippen LogP contribution in [0.3, 0.4) is 0 Å². The summed E-state index contributed by atoms with van der Waals surface area (Å²) in [4.78, 5) is 29.8. The molecule has 40 heavy (non-hydrogen) atoms. The second-order valence-corrected chi connectivity index (χ2v) is 14.7. The minimum Gasteiger partial charge on any atom is -0.447 e. The molecule has 0 N–H and O–H groups in total. The summed E-state index contributed by atoms with van der Waals surface area (Å²) in [7, 11) is 0. The Bertz CT molecular complexity index is 976. The first-order valence-corrected chi connectivity index (χ1v) is 16.0. The average Bonchev–Trinajstić information content (AvgIpc) is 3.21. The SMILES string of the molecule is CC(C)(C)N1CCC[C@H](c2ccc(Cl)cc2)C1.CC1(C)COC(=O)N1CC1(C2CCCCC2)CCN(C=O)CC1. The summed E-state index contributed by atoms with van der Waals surface area (Å²) < 4.78 is 5.32. The highest BCUT2D eigenvalue weighted by Gasteiger charge is 2.49. The molecule has 4 fully saturated rings. The number of carbonyl (C=O) groups is 2. The molecular weight excluding hydrogens is 522 g/mol. The first kappa shape index (κ1) is 31.2. The van der Waals surface area contributed by atoms with E-state index in [0.29, 0.717) is 18.4 Å². The van der Waals surface area contributed by atoms with Crippen LogP contribution in [0.4, 0.5) is 4.79 Å². The normalized spacial score (nSPS) is 25.6. The molecule has 6 nitrogen and oxygen atoms in total. The summed E-state index contributed by atoms with van der Waals surface area (Å²) in [5.41, 5.74) is 1.65. The fourth-order valence-corrected chi connectivity index (χ4v) is 7.44. The average molecular weight is 574 g/mol. The standard InChI is InChI=1S/C18H30N2O3.C15H22ClN/c1-17(2)13-23-16(22)20(17)12-18(15-6-4-3-5-7-15)8-10-19(14-21)11-9-18;1-15(2,3)17-10-4-5-13(11-17)12-6-8-14(16)9-7-12/h14-15H,3-13H2,1-2H3;6-9,13H,4-5,10-11H2,1-3H3/t;13-/m.0/s1. The highest BCUT2D eigenvalue weighted by molar-refractivity contribution is 6.30. The molecule has 1 aliphatic carbocycles. The Hall–Kier alpha value is -1.79. The Labute approximate surface area is 247 Å². The van der Waals surface area contributed by atoms with Crippen molar-refractivity contribution in [2.45, 2.75) is 109 Å². The Morgan fingerprint density at radius 2 is 1.62 bits per heavy atom. The van der Waals surface area contributed by atoms with E-state index in [1.165, 1.54) is 63.6 Å². The second-order valence-electron chi connectivity index (χ2n) is 14.3. The minimum absolute atomic E-state index is 0.153. The largest absolute Gasteiger partial charge is 0.447 e. The van der Waals surface area contributed by atoms with Crippen LogP contribution in [0.5, 0.6) is 0 Å². The van der Waals surface area contributed by atoms with Gasteiger partial charge in [-0.05, 0) is 115 Å². The van der Waals surface area contributed by atoms with Gasteiger partial charge in [0.15, 0.2) is 0 Å². The van der Waals surface area contributed by atoms with Crippen molar-refractivity contribution in [3.63, 3.8) is 0 Å². The van der Waals surface area contributed by atoms with Gasteiger partial charge in [0.2, 0.25) is 6.41 Å². The summed E-state index contributed by atoms with van der Waals surface area (Å²) in [6.07, 6.45) is 11.9. The molecule has 3 saturated heterocycles. The van der Waals surface area contributed by atoms with Crippen molar-refractivity contribution in [3.05, 3.63) is 34.9 Å². The maximum atomic E-state index is 12.2. The van der Waals surface area contributed by atoms with Crippen molar-refractivity contribution in [1.29, 1.82) is 0 Å². The molecular formula is C33H52ClN3O3. The Kier molecular flexibility index (Phi) is 10.1. The second kappa shape index (κ2) is 13.0. The van der Waals surface area contributed by atoms with E-state index in [1.807, 2.05) is 21.9 Å². The van der Waals surface area contributed by atoms with Crippen molar-refractivity contribution >= 4 is 24.1 Å². The molecule has 1 aromatic carbocycles. The molecule has 1 saturated carbocycles. The van der Waals surface area contributed by atoms with Crippen molar-refractivity contribution < 1.29 is 14.3 Å². The van der Waals surface area contributed by atoms with E-state index in [1.54, 1.807) is 0 Å². The minimum atomic E-state index is -0.222. The summed E-state index contributed by atoms with van der Waals surface area (Å²) in [6, 6.07) is 8.37. The zero-order chi connectivity index (χ0) is 29.0. The van der Waals surface area contributed by atoms with Gasteiger partial charge in [0.05, 0.1) is 5.54 Å². The number of rotatable bonds is 5. The highest BCUT2D eigenvalue weighted by atomic mass is 35.5. The van der Waals surface area contributed by atoms with Crippen LogP contribution in [0.2, 0.25) is 5.02 Å². The molecule has 3 aliphatic heterocycles. The molecule has 7 heteroatoms. The summed E-state index contributed by atoms with van der Waals surface area (Å²) >= 11 is 5.94. The Morgan fingerprint density at radius 1 is 0.975 bits per heavy atom. The topological polar surface area (TPSA) is 53.1 Å². The van der Waals surface area contributed by atoms with Crippen molar-refractivity contribution in [2.24, 2.45) is 11.3 Å². The van der Waals surface area contributed by atoms with Crippen molar-refractivity contribution in [3.8, 4) is 0 Å². The fourth-order valence-electron chi connectivity index (χ4n) is 7.31. The summed E-state index contributed by atoms with van der Waals surface area (Å²) in [5, 5.41) is 0.831. The van der Waals surface area contributed by atoms with Gasteiger partial charge < -0.3 is 9.64 Å². The van der Waals surface area contributed by atoms with Crippen LogP contribution in [-0.2, 0) is 9.53 Å². The van der Waals surface area contributed by atoms with Gasteiger partial charge in [-0.25, -0.2) is 4.79 Å². The van der Waals surface area contributed by atoms with Crippen LogP contribution in [0.25, 0.3) is 0 Å². The molecule has 0 unspecified atom stereocenters. The number of halogens is 1. The molecule has 1 aromatic rings. The molecule has 3 heterocycles. The van der Waals surface area contributed by atoms with Gasteiger partial charge in [-0.1, -0.05) is 43.0 Å². The maximum absolute atomic E-state index is 12.2. The van der Waals surface area contributed by atoms with Crippen LogP contribution in [0.15, 0.2) is 24.3 Å². The summed E-state index contributed by atoms with van der Waals surface area (Å²) in [6.45, 7) is 16.4. The predicted octanol–water partition coefficient (Wildman–Crippen LogP) is 7.35. The lowest BCUT2D eigenvalue weighted by Crippen LogP contribution is -2.54. The van der Waals surface area contributed by atoms with Gasteiger partial charge in [0, 0.05) is 36.7 Å². The van der Waals surface area contributed by atoms with E-state index >= 15 is 0 Å². The number of nitrogens with zero attached hydrogens (tertiary/aromatic N) is 3. The molecule has 2 amide bonds. The molecule has 0 radical (unpaired) electrons. The van der Waals surface area contributed by atoms with Crippen molar-refractivity contribution in [1.82, 2.24) is 14.7 Å². The number of amides is 2. The van der Waals surface area contributed by atoms with E-state index in [4.69, 9.17) is 16.3 Å². The first-order valence-electron chi connectivity index (χ1n) is 15.6. The Morgan fingerprint density at radius 3 is 2.17 bits per heavy atom. The summed E-state index contributed by atoms with van der Waals surface area (Å²) in [5.74, 6) is 1.34. The number of piperidine rings is 2. The number of ether oxygens (including phenoxy) is 1. The highest BCUT2D eigenvalue weighted by Crippen LogP contribution is 2.47. The van der Waals surface area contributed by atoms with Gasteiger partial charge in [-0.2, -0.15) is 0 Å². The number of carbonyl (C=O) groups excluding carboxylic acids is 2. The number of cyclic esters (lactones) is 1. The van der Waals surface area contributed by atoms with E-state index in [-0.39, 0.29) is 22.6 Å². The number of hydrogen-bond donors (Lipinski definition) is 0. The van der Waals surface area contributed by atoms with Crippen molar-refractivity contribution in [2.75, 3.05) is 39.3 Å². The van der Waals surface area contributed by atoms with Gasteiger partial charge in [-0.3, -0.25) is 14.6 Å². The third-order valence-corrected chi connectivity index (χ3v) is 10.4. The predicted molar refractivity (Wildman–Crippen MR) is 163 cm³/mol. The van der Waals surface area contributed by atoms with Crippen LogP contribution < -0.4 is 0 Å². The molecule has 1 atom stereocenters. The van der Waals surface area contributed by atoms with Crippen LogP contribution in [0.1, 0.15) is 104 Å². The van der Waals surface area contributed by atoms with Gasteiger partial charge >= 0.3 is 6.09 Å². The van der Waals surface area contributed by atoms with Crippen LogP contribution in [0, 0.1) is 11.3 Å². The van der Waals surface area contributed by atoms with E-state index in [0.717, 1.165) is 43.9 Å². The maximum Gasteiger partial charge on any atom is 0.410 e. The van der Waals surface area contributed by atoms with E-state index in [2.05, 4.69) is 51.7 Å². The third-order valence-electron chi connectivity index (χ3n) is 10.1. The lowest BCUT2D eigenvalue weighted by atomic mass is 9.63. The number of benzene rings is 1. The molecule has 224 valence electrons.